The van der Waals surface area contributed by atoms with Gasteiger partial charge in [0.2, 0.25) is 10.0 Å². The van der Waals surface area contributed by atoms with Crippen LogP contribution in [0, 0.1) is 5.82 Å². The molecule has 0 saturated heterocycles. The van der Waals surface area contributed by atoms with Gasteiger partial charge in [-0.2, -0.15) is 8.78 Å². The molecule has 0 bridgehead atoms. The Morgan fingerprint density at radius 2 is 1.86 bits per heavy atom. The second-order valence-electron chi connectivity index (χ2n) is 5.35. The number of ether oxygens (including phenoxy) is 1. The first-order valence-electron chi connectivity index (χ1n) is 7.88. The minimum Gasteiger partial charge on any atom is -0.452 e. The summed E-state index contributed by atoms with van der Waals surface area (Å²) < 4.78 is 69.2. The van der Waals surface area contributed by atoms with Crippen LogP contribution in [-0.4, -0.2) is 39.7 Å². The molecular formula is C17H15F3N2O5S2. The molecule has 2 aromatic carbocycles. The number of carbonyl (C=O) groups excluding carboxylic acids is 2. The molecule has 2 N–H and O–H groups in total. The van der Waals surface area contributed by atoms with Gasteiger partial charge in [0.25, 0.3) is 11.7 Å². The average molecular weight is 448 g/mol. The number of anilines is 1. The van der Waals surface area contributed by atoms with Gasteiger partial charge in [-0.3, -0.25) is 4.79 Å². The highest BCUT2D eigenvalue weighted by Gasteiger charge is 2.20. The van der Waals surface area contributed by atoms with Crippen molar-refractivity contribution in [3.63, 3.8) is 0 Å². The number of rotatable bonds is 8. The van der Waals surface area contributed by atoms with Crippen molar-refractivity contribution in [2.45, 2.75) is 15.5 Å². The van der Waals surface area contributed by atoms with Gasteiger partial charge in [0, 0.05) is 4.90 Å². The fraction of sp³-hybridized carbons (Fsp3) is 0.176. The van der Waals surface area contributed by atoms with Crippen molar-refractivity contribution in [2.24, 2.45) is 0 Å². The zero-order valence-electron chi connectivity index (χ0n) is 14.8. The molecule has 0 aliphatic rings. The second-order valence-corrected chi connectivity index (χ2v) is 8.27. The predicted molar refractivity (Wildman–Crippen MR) is 99.9 cm³/mol. The smallest absolute Gasteiger partial charge is 0.341 e. The van der Waals surface area contributed by atoms with Crippen LogP contribution < -0.4 is 10.0 Å². The summed E-state index contributed by atoms with van der Waals surface area (Å²) in [4.78, 5) is 23.7. The van der Waals surface area contributed by atoms with Gasteiger partial charge in [-0.1, -0.05) is 23.9 Å². The molecule has 156 valence electrons. The van der Waals surface area contributed by atoms with Crippen LogP contribution in [0.5, 0.6) is 0 Å². The van der Waals surface area contributed by atoms with Crippen molar-refractivity contribution < 1.29 is 35.9 Å². The Morgan fingerprint density at radius 3 is 2.52 bits per heavy atom. The van der Waals surface area contributed by atoms with E-state index in [1.165, 1.54) is 24.3 Å². The lowest BCUT2D eigenvalue weighted by Gasteiger charge is -2.11. The molecule has 0 fully saturated rings. The van der Waals surface area contributed by atoms with Crippen LogP contribution in [-0.2, 0) is 19.6 Å². The summed E-state index contributed by atoms with van der Waals surface area (Å²) in [5.41, 5.74) is -0.588. The lowest BCUT2D eigenvalue weighted by molar-refractivity contribution is -0.119. The number of thioether (sulfide) groups is 1. The number of hydrogen-bond donors (Lipinski definition) is 2. The van der Waals surface area contributed by atoms with E-state index in [-0.39, 0.29) is 27.2 Å². The Bertz CT molecular complexity index is 1020. The molecule has 1 amide bonds. The molecule has 0 aromatic heterocycles. The fourth-order valence-electron chi connectivity index (χ4n) is 2.11. The van der Waals surface area contributed by atoms with Crippen molar-refractivity contribution in [1.82, 2.24) is 4.72 Å². The van der Waals surface area contributed by atoms with E-state index in [2.05, 4.69) is 5.32 Å². The molecule has 2 rings (SSSR count). The summed E-state index contributed by atoms with van der Waals surface area (Å²) in [7, 11) is -2.78. The Hall–Kier alpha value is -2.57. The summed E-state index contributed by atoms with van der Waals surface area (Å²) in [5.74, 6) is -5.85. The molecular weight excluding hydrogens is 433 g/mol. The lowest BCUT2D eigenvalue weighted by atomic mass is 10.2. The zero-order chi connectivity index (χ0) is 21.6. The Balaban J connectivity index is 2.06. The fourth-order valence-corrected chi connectivity index (χ4v) is 3.46. The average Bonchev–Trinajstić information content (AvgIpc) is 2.67. The number of alkyl halides is 2. The highest BCUT2D eigenvalue weighted by molar-refractivity contribution is 7.99. The predicted octanol–water partition coefficient (Wildman–Crippen LogP) is 2.84. The molecule has 0 radical (unpaired) electrons. The molecule has 0 saturated carbocycles. The van der Waals surface area contributed by atoms with Gasteiger partial charge in [0.1, 0.15) is 5.82 Å². The minimum absolute atomic E-state index is 0.0899. The van der Waals surface area contributed by atoms with E-state index in [1.807, 2.05) is 4.72 Å². The highest BCUT2D eigenvalue weighted by Crippen LogP contribution is 2.31. The van der Waals surface area contributed by atoms with Crippen LogP contribution in [0.2, 0.25) is 0 Å². The van der Waals surface area contributed by atoms with Crippen molar-refractivity contribution in [3.05, 3.63) is 53.8 Å². The highest BCUT2D eigenvalue weighted by atomic mass is 32.2. The molecule has 7 nitrogen and oxygen atoms in total. The third-order valence-corrected chi connectivity index (χ3v) is 5.65. The molecule has 12 heteroatoms. The van der Waals surface area contributed by atoms with Crippen LogP contribution in [0.25, 0.3) is 0 Å². The van der Waals surface area contributed by atoms with Gasteiger partial charge in [0.15, 0.2) is 6.61 Å². The maximum Gasteiger partial charge on any atom is 0.341 e. The first-order chi connectivity index (χ1) is 13.6. The first kappa shape index (κ1) is 22.7. The van der Waals surface area contributed by atoms with E-state index in [4.69, 9.17) is 4.74 Å². The number of hydrogen-bond acceptors (Lipinski definition) is 6. The zero-order valence-corrected chi connectivity index (χ0v) is 16.5. The van der Waals surface area contributed by atoms with Gasteiger partial charge < -0.3 is 10.1 Å². The van der Waals surface area contributed by atoms with E-state index in [1.54, 1.807) is 0 Å². The summed E-state index contributed by atoms with van der Waals surface area (Å²) in [5, 5.41) is 2.31. The summed E-state index contributed by atoms with van der Waals surface area (Å²) in [6.07, 6.45) is 0. The van der Waals surface area contributed by atoms with Crippen LogP contribution in [0.4, 0.5) is 18.9 Å². The second kappa shape index (κ2) is 9.76. The van der Waals surface area contributed by atoms with Crippen LogP contribution >= 0.6 is 11.8 Å². The van der Waals surface area contributed by atoms with E-state index < -0.39 is 45.6 Å². The number of para-hydroxylation sites is 1. The quantitative estimate of drug-likeness (QED) is 0.476. The van der Waals surface area contributed by atoms with Crippen molar-refractivity contribution >= 4 is 39.3 Å². The molecule has 0 aliphatic heterocycles. The number of amides is 1. The first-order valence-corrected chi connectivity index (χ1v) is 10.2. The molecule has 0 spiro atoms. The molecule has 29 heavy (non-hydrogen) atoms. The van der Waals surface area contributed by atoms with Crippen molar-refractivity contribution in [2.75, 3.05) is 19.0 Å². The monoisotopic (exact) mass is 448 g/mol. The third-order valence-electron chi connectivity index (χ3n) is 3.45. The number of benzene rings is 2. The number of esters is 1. The largest absolute Gasteiger partial charge is 0.452 e. The standard InChI is InChI=1S/C17H15F3N2O5S2/c1-21-29(25,26)10-6-7-12(18)11(8-10)16(24)27-9-15(23)22-13-4-2-3-5-14(13)28-17(19)20/h2-8,17,21H,9H2,1H3,(H,22,23). The molecule has 0 unspecified atom stereocenters. The molecule has 0 atom stereocenters. The number of sulfonamides is 1. The van der Waals surface area contributed by atoms with E-state index >= 15 is 0 Å². The topological polar surface area (TPSA) is 102 Å². The minimum atomic E-state index is -3.93. The van der Waals surface area contributed by atoms with Crippen LogP contribution in [0.15, 0.2) is 52.3 Å². The van der Waals surface area contributed by atoms with Gasteiger partial charge >= 0.3 is 5.97 Å². The Kier molecular flexibility index (Phi) is 7.65. The summed E-state index contributed by atoms with van der Waals surface area (Å²) in [6.45, 7) is -0.838. The van der Waals surface area contributed by atoms with E-state index in [9.17, 15) is 31.2 Å². The van der Waals surface area contributed by atoms with Gasteiger partial charge in [-0.05, 0) is 37.4 Å². The van der Waals surface area contributed by atoms with Crippen LogP contribution in [0.1, 0.15) is 10.4 Å². The molecule has 0 aliphatic carbocycles. The maximum absolute atomic E-state index is 13.9. The Labute approximate surface area is 168 Å². The molecule has 0 heterocycles. The normalized spacial score (nSPS) is 11.3. The number of halogens is 3. The van der Waals surface area contributed by atoms with Crippen LogP contribution in [0.3, 0.4) is 0 Å². The summed E-state index contributed by atoms with van der Waals surface area (Å²) >= 11 is 0.228. The maximum atomic E-state index is 13.9. The van der Waals surface area contributed by atoms with Crippen molar-refractivity contribution in [3.8, 4) is 0 Å². The number of carbonyl (C=O) groups is 2. The summed E-state index contributed by atoms with van der Waals surface area (Å²) in [6, 6.07) is 8.30. The lowest BCUT2D eigenvalue weighted by Crippen LogP contribution is -2.22. The SMILES string of the molecule is CNS(=O)(=O)c1ccc(F)c(C(=O)OCC(=O)Nc2ccccc2SC(F)F)c1. The van der Waals surface area contributed by atoms with E-state index in [0.717, 1.165) is 25.2 Å². The van der Waals surface area contributed by atoms with Gasteiger partial charge in [0.05, 0.1) is 16.1 Å². The Morgan fingerprint density at radius 1 is 1.17 bits per heavy atom. The molecule has 2 aromatic rings. The third kappa shape index (κ3) is 6.21. The van der Waals surface area contributed by atoms with Gasteiger partial charge in [-0.15, -0.1) is 0 Å². The van der Waals surface area contributed by atoms with Crippen molar-refractivity contribution in [1.29, 1.82) is 0 Å². The van der Waals surface area contributed by atoms with Gasteiger partial charge in [-0.25, -0.2) is 22.3 Å². The number of nitrogens with one attached hydrogen (secondary N) is 2. The van der Waals surface area contributed by atoms with E-state index in [0.29, 0.717) is 0 Å².